The van der Waals surface area contributed by atoms with E-state index >= 15 is 0 Å². The van der Waals surface area contributed by atoms with E-state index in [0.29, 0.717) is 25.9 Å². The number of piperidine rings is 1. The molecular formula is C22H41NO4. The third-order valence-corrected chi connectivity index (χ3v) is 6.14. The van der Waals surface area contributed by atoms with Crippen molar-refractivity contribution in [1.82, 2.24) is 4.90 Å². The lowest BCUT2D eigenvalue weighted by Crippen LogP contribution is -2.56. The van der Waals surface area contributed by atoms with Crippen LogP contribution >= 0.6 is 0 Å². The molecule has 1 amide bonds. The highest BCUT2D eigenvalue weighted by Gasteiger charge is 2.50. The predicted octanol–water partition coefficient (Wildman–Crippen LogP) is 5.56. The van der Waals surface area contributed by atoms with E-state index < -0.39 is 16.6 Å². The number of carbonyl (C=O) groups is 2. The Morgan fingerprint density at radius 1 is 0.963 bits per heavy atom. The van der Waals surface area contributed by atoms with E-state index in [0.717, 1.165) is 19.3 Å². The number of hydrogen-bond donors (Lipinski definition) is 0. The molecule has 1 heterocycles. The minimum atomic E-state index is -0.563. The molecule has 0 aliphatic carbocycles. The predicted molar refractivity (Wildman–Crippen MR) is 109 cm³/mol. The van der Waals surface area contributed by atoms with Gasteiger partial charge in [0.15, 0.2) is 0 Å². The Labute approximate surface area is 166 Å². The molecule has 5 heteroatoms. The van der Waals surface area contributed by atoms with Gasteiger partial charge in [-0.2, -0.15) is 0 Å². The highest BCUT2D eigenvalue weighted by molar-refractivity contribution is 5.76. The van der Waals surface area contributed by atoms with Gasteiger partial charge in [0, 0.05) is 31.3 Å². The van der Waals surface area contributed by atoms with Gasteiger partial charge in [0.2, 0.25) is 0 Å². The summed E-state index contributed by atoms with van der Waals surface area (Å²) in [6.07, 6.45) is 3.53. The number of likely N-dealkylation sites (tertiary alicyclic amines) is 1. The summed E-state index contributed by atoms with van der Waals surface area (Å²) in [5.41, 5.74) is -1.73. The maximum Gasteiger partial charge on any atom is 0.410 e. The Morgan fingerprint density at radius 3 is 1.89 bits per heavy atom. The molecule has 5 nitrogen and oxygen atoms in total. The second-order valence-electron chi connectivity index (χ2n) is 10.2. The normalized spacial score (nSPS) is 18.2. The van der Waals surface area contributed by atoms with Crippen LogP contribution in [0.15, 0.2) is 0 Å². The summed E-state index contributed by atoms with van der Waals surface area (Å²) in [5, 5.41) is 0. The Balaban J connectivity index is 2.86. The SMILES string of the molecule is CCCC(C)(C)OC(=O)N1CCC(OC(=O)C(C)(C)CC)(C(C)(C)C)CC1. The second-order valence-corrected chi connectivity index (χ2v) is 10.2. The van der Waals surface area contributed by atoms with E-state index in [-0.39, 0.29) is 17.5 Å². The summed E-state index contributed by atoms with van der Waals surface area (Å²) in [6.45, 7) is 19.2. The van der Waals surface area contributed by atoms with Crippen LogP contribution in [0, 0.1) is 10.8 Å². The molecule has 0 radical (unpaired) electrons. The van der Waals surface area contributed by atoms with E-state index in [1.165, 1.54) is 0 Å². The molecule has 0 saturated carbocycles. The van der Waals surface area contributed by atoms with Crippen molar-refractivity contribution in [2.75, 3.05) is 13.1 Å². The van der Waals surface area contributed by atoms with Crippen LogP contribution in [-0.2, 0) is 14.3 Å². The number of nitrogens with zero attached hydrogens (tertiary/aromatic N) is 1. The molecule has 0 N–H and O–H groups in total. The van der Waals surface area contributed by atoms with Gasteiger partial charge >= 0.3 is 12.1 Å². The van der Waals surface area contributed by atoms with E-state index in [4.69, 9.17) is 9.47 Å². The molecule has 0 aromatic heterocycles. The van der Waals surface area contributed by atoms with E-state index in [9.17, 15) is 9.59 Å². The van der Waals surface area contributed by atoms with Crippen LogP contribution < -0.4 is 0 Å². The molecule has 0 spiro atoms. The van der Waals surface area contributed by atoms with Crippen LogP contribution in [0.25, 0.3) is 0 Å². The fourth-order valence-corrected chi connectivity index (χ4v) is 3.47. The molecule has 1 fully saturated rings. The largest absolute Gasteiger partial charge is 0.458 e. The molecule has 1 rings (SSSR count). The fraction of sp³-hybridized carbons (Fsp3) is 0.909. The van der Waals surface area contributed by atoms with Crippen molar-refractivity contribution < 1.29 is 19.1 Å². The number of amides is 1. The van der Waals surface area contributed by atoms with Crippen LogP contribution in [0.5, 0.6) is 0 Å². The first kappa shape index (κ1) is 23.8. The van der Waals surface area contributed by atoms with Gasteiger partial charge in [0.05, 0.1) is 5.41 Å². The van der Waals surface area contributed by atoms with Crippen LogP contribution in [0.1, 0.15) is 94.4 Å². The van der Waals surface area contributed by atoms with Crippen LogP contribution in [-0.4, -0.2) is 41.3 Å². The highest BCUT2D eigenvalue weighted by Crippen LogP contribution is 2.44. The lowest BCUT2D eigenvalue weighted by Gasteiger charge is -2.49. The van der Waals surface area contributed by atoms with Gasteiger partial charge < -0.3 is 14.4 Å². The van der Waals surface area contributed by atoms with Crippen molar-refractivity contribution >= 4 is 12.1 Å². The first-order valence-corrected chi connectivity index (χ1v) is 10.4. The molecule has 1 aliphatic heterocycles. The third kappa shape index (κ3) is 5.86. The smallest absolute Gasteiger partial charge is 0.410 e. The van der Waals surface area contributed by atoms with Crippen molar-refractivity contribution in [2.45, 2.75) is 106 Å². The van der Waals surface area contributed by atoms with Gasteiger partial charge in [-0.3, -0.25) is 4.79 Å². The Bertz CT molecular complexity index is 523. The Morgan fingerprint density at radius 2 is 1.48 bits per heavy atom. The number of carbonyl (C=O) groups excluding carboxylic acids is 2. The summed E-state index contributed by atoms with van der Waals surface area (Å²) < 4.78 is 11.9. The molecular weight excluding hydrogens is 342 g/mol. The van der Waals surface area contributed by atoms with Crippen molar-refractivity contribution in [2.24, 2.45) is 10.8 Å². The van der Waals surface area contributed by atoms with Crippen LogP contribution in [0.4, 0.5) is 4.79 Å². The standard InChI is InChI=1S/C22H41NO4/c1-10-12-21(8,9)27-18(25)23-15-13-22(14-16-23,19(3,4)5)26-17(24)20(6,7)11-2/h10-16H2,1-9H3. The molecule has 0 aromatic carbocycles. The number of rotatable bonds is 6. The number of esters is 1. The van der Waals surface area contributed by atoms with Crippen molar-refractivity contribution in [1.29, 1.82) is 0 Å². The monoisotopic (exact) mass is 383 g/mol. The van der Waals surface area contributed by atoms with E-state index in [1.54, 1.807) is 4.90 Å². The van der Waals surface area contributed by atoms with Crippen molar-refractivity contribution in [3.8, 4) is 0 Å². The molecule has 158 valence electrons. The molecule has 0 aromatic rings. The van der Waals surface area contributed by atoms with Crippen LogP contribution in [0.3, 0.4) is 0 Å². The number of ether oxygens (including phenoxy) is 2. The molecule has 1 aliphatic rings. The molecule has 0 bridgehead atoms. The Hall–Kier alpha value is -1.26. The fourth-order valence-electron chi connectivity index (χ4n) is 3.47. The number of hydrogen-bond acceptors (Lipinski definition) is 4. The summed E-state index contributed by atoms with van der Waals surface area (Å²) in [5.74, 6) is -0.153. The second kappa shape index (κ2) is 8.40. The van der Waals surface area contributed by atoms with Gasteiger partial charge in [-0.05, 0) is 40.5 Å². The molecule has 0 atom stereocenters. The maximum atomic E-state index is 12.8. The van der Waals surface area contributed by atoms with Gasteiger partial charge in [0.1, 0.15) is 11.2 Å². The summed E-state index contributed by atoms with van der Waals surface area (Å²) >= 11 is 0. The first-order chi connectivity index (χ1) is 12.2. The van der Waals surface area contributed by atoms with Crippen molar-refractivity contribution in [3.05, 3.63) is 0 Å². The lowest BCUT2D eigenvalue weighted by molar-refractivity contribution is -0.192. The molecule has 0 unspecified atom stereocenters. The third-order valence-electron chi connectivity index (χ3n) is 6.14. The van der Waals surface area contributed by atoms with Gasteiger partial charge in [-0.1, -0.05) is 41.0 Å². The zero-order chi connectivity index (χ0) is 21.1. The van der Waals surface area contributed by atoms with E-state index in [1.807, 2.05) is 34.6 Å². The van der Waals surface area contributed by atoms with E-state index in [2.05, 4.69) is 27.7 Å². The first-order valence-electron chi connectivity index (χ1n) is 10.4. The molecule has 1 saturated heterocycles. The highest BCUT2D eigenvalue weighted by atomic mass is 16.6. The van der Waals surface area contributed by atoms with Gasteiger partial charge in [-0.25, -0.2) is 4.79 Å². The van der Waals surface area contributed by atoms with Crippen molar-refractivity contribution in [3.63, 3.8) is 0 Å². The Kier molecular flexibility index (Phi) is 7.40. The average Bonchev–Trinajstić information content (AvgIpc) is 2.53. The summed E-state index contributed by atoms with van der Waals surface area (Å²) in [7, 11) is 0. The molecule has 27 heavy (non-hydrogen) atoms. The zero-order valence-corrected chi connectivity index (χ0v) is 19.0. The summed E-state index contributed by atoms with van der Waals surface area (Å²) in [4.78, 5) is 27.1. The van der Waals surface area contributed by atoms with Gasteiger partial charge in [-0.15, -0.1) is 0 Å². The summed E-state index contributed by atoms with van der Waals surface area (Å²) in [6, 6.07) is 0. The zero-order valence-electron chi connectivity index (χ0n) is 19.0. The van der Waals surface area contributed by atoms with Crippen LogP contribution in [0.2, 0.25) is 0 Å². The maximum absolute atomic E-state index is 12.8. The quantitative estimate of drug-likeness (QED) is 0.563. The minimum absolute atomic E-state index is 0.153. The average molecular weight is 384 g/mol. The lowest BCUT2D eigenvalue weighted by atomic mass is 9.70. The van der Waals surface area contributed by atoms with Gasteiger partial charge in [0.25, 0.3) is 0 Å². The topological polar surface area (TPSA) is 55.8 Å². The minimum Gasteiger partial charge on any atom is -0.458 e.